The SMILES string of the molecule is C=C[C@@H]1C[C@]1(NC(=O)[C@@H]1CN(c2cc(Cl)nc(OC)n2)CN1C(=O)[C@@H](NC(=O)OC1CCCC1)C(C)(C)C)C(=O)NS(=O)(=O)C1CC1. The van der Waals surface area contributed by atoms with Crippen molar-refractivity contribution in [3.8, 4) is 6.01 Å². The van der Waals surface area contributed by atoms with Crippen molar-refractivity contribution in [1.82, 2.24) is 30.2 Å². The van der Waals surface area contributed by atoms with Crippen LogP contribution in [0.25, 0.3) is 0 Å². The van der Waals surface area contributed by atoms with Gasteiger partial charge in [-0.3, -0.25) is 19.1 Å². The van der Waals surface area contributed by atoms with Crippen molar-refractivity contribution in [2.75, 3.05) is 25.2 Å². The Hall–Kier alpha value is -3.66. The van der Waals surface area contributed by atoms with Gasteiger partial charge in [0.25, 0.3) is 5.91 Å². The summed E-state index contributed by atoms with van der Waals surface area (Å²) >= 11 is 6.20. The van der Waals surface area contributed by atoms with Crippen LogP contribution in [0.5, 0.6) is 6.01 Å². The number of carbonyl (C=O) groups is 4. The van der Waals surface area contributed by atoms with E-state index in [-0.39, 0.29) is 42.7 Å². The molecular weight excluding hydrogens is 654 g/mol. The van der Waals surface area contributed by atoms with Gasteiger partial charge in [-0.2, -0.15) is 9.97 Å². The Kier molecular flexibility index (Phi) is 9.66. The monoisotopic (exact) mass is 695 g/mol. The molecule has 1 aromatic rings. The summed E-state index contributed by atoms with van der Waals surface area (Å²) in [5, 5.41) is 4.90. The van der Waals surface area contributed by atoms with E-state index in [0.29, 0.717) is 12.8 Å². The lowest BCUT2D eigenvalue weighted by Gasteiger charge is -2.35. The Labute approximate surface area is 279 Å². The van der Waals surface area contributed by atoms with Gasteiger partial charge < -0.3 is 29.9 Å². The second-order valence-electron chi connectivity index (χ2n) is 13.7. The lowest BCUT2D eigenvalue weighted by Crippen LogP contribution is -2.60. The van der Waals surface area contributed by atoms with E-state index in [0.717, 1.165) is 25.7 Å². The van der Waals surface area contributed by atoms with Gasteiger partial charge in [-0.25, -0.2) is 13.2 Å². The van der Waals surface area contributed by atoms with Gasteiger partial charge in [-0.15, -0.1) is 6.58 Å². The molecule has 0 radical (unpaired) electrons. The molecule has 0 aromatic carbocycles. The molecule has 1 saturated heterocycles. The molecule has 1 aliphatic heterocycles. The normalized spacial score (nSPS) is 25.1. The van der Waals surface area contributed by atoms with E-state index < -0.39 is 68.0 Å². The fourth-order valence-corrected chi connectivity index (χ4v) is 7.58. The predicted octanol–water partition coefficient (Wildman–Crippen LogP) is 1.87. The number of nitrogens with one attached hydrogen (secondary N) is 3. The number of methoxy groups -OCH3 is 1. The van der Waals surface area contributed by atoms with Gasteiger partial charge >= 0.3 is 12.1 Å². The number of anilines is 1. The Morgan fingerprint density at radius 2 is 1.83 bits per heavy atom. The third-order valence-corrected chi connectivity index (χ3v) is 11.1. The van der Waals surface area contributed by atoms with E-state index in [1.807, 2.05) is 0 Å². The maximum atomic E-state index is 14.3. The van der Waals surface area contributed by atoms with Crippen molar-refractivity contribution in [1.29, 1.82) is 0 Å². The van der Waals surface area contributed by atoms with Crippen LogP contribution < -0.4 is 25.0 Å². The van der Waals surface area contributed by atoms with Crippen molar-refractivity contribution in [2.45, 2.75) is 94.7 Å². The minimum atomic E-state index is -3.89. The summed E-state index contributed by atoms with van der Waals surface area (Å²) < 4.78 is 38.1. The van der Waals surface area contributed by atoms with Gasteiger partial charge in [0, 0.05) is 12.0 Å². The lowest BCUT2D eigenvalue weighted by atomic mass is 9.85. The number of sulfonamides is 1. The molecule has 0 unspecified atom stereocenters. The van der Waals surface area contributed by atoms with E-state index >= 15 is 0 Å². The Morgan fingerprint density at radius 3 is 2.40 bits per heavy atom. The fraction of sp³-hybridized carbons (Fsp3) is 0.667. The van der Waals surface area contributed by atoms with Crippen LogP contribution in [0.1, 0.15) is 65.7 Å². The number of ether oxygens (including phenoxy) is 2. The second-order valence-corrected chi connectivity index (χ2v) is 16.0. The molecule has 17 heteroatoms. The highest BCUT2D eigenvalue weighted by Gasteiger charge is 2.62. The topological polar surface area (TPSA) is 189 Å². The van der Waals surface area contributed by atoms with Crippen LogP contribution in [0.2, 0.25) is 5.15 Å². The van der Waals surface area contributed by atoms with E-state index in [1.54, 1.807) is 25.7 Å². The fourth-order valence-electron chi connectivity index (χ4n) is 6.04. The molecule has 4 aliphatic rings. The van der Waals surface area contributed by atoms with Crippen LogP contribution in [0.3, 0.4) is 0 Å². The zero-order valence-corrected chi connectivity index (χ0v) is 28.5. The highest BCUT2D eigenvalue weighted by Crippen LogP contribution is 2.45. The van der Waals surface area contributed by atoms with Crippen molar-refractivity contribution >= 4 is 51.3 Å². The number of halogens is 1. The first kappa shape index (κ1) is 34.7. The van der Waals surface area contributed by atoms with Crippen LogP contribution in [0.15, 0.2) is 18.7 Å². The van der Waals surface area contributed by atoms with Crippen molar-refractivity contribution < 1.29 is 37.1 Å². The summed E-state index contributed by atoms with van der Waals surface area (Å²) in [6.07, 6.45) is 4.98. The summed E-state index contributed by atoms with van der Waals surface area (Å²) in [5.74, 6) is -2.37. The van der Waals surface area contributed by atoms with Gasteiger partial charge in [-0.1, -0.05) is 38.4 Å². The summed E-state index contributed by atoms with van der Waals surface area (Å²) in [7, 11) is -2.52. The molecule has 0 bridgehead atoms. The van der Waals surface area contributed by atoms with Gasteiger partial charge in [0.15, 0.2) is 0 Å². The maximum absolute atomic E-state index is 14.3. The van der Waals surface area contributed by atoms with Gasteiger partial charge in [0.2, 0.25) is 21.8 Å². The summed E-state index contributed by atoms with van der Waals surface area (Å²) in [4.78, 5) is 66.0. The number of carbonyl (C=O) groups excluding carboxylic acids is 4. The van der Waals surface area contributed by atoms with Gasteiger partial charge in [-0.05, 0) is 50.4 Å². The highest BCUT2D eigenvalue weighted by atomic mass is 35.5. The van der Waals surface area contributed by atoms with Crippen LogP contribution in [0.4, 0.5) is 10.6 Å². The smallest absolute Gasteiger partial charge is 0.408 e. The maximum Gasteiger partial charge on any atom is 0.408 e. The molecular formula is C30H42ClN7O8S. The summed E-state index contributed by atoms with van der Waals surface area (Å²) in [6.45, 7) is 8.86. The quantitative estimate of drug-likeness (QED) is 0.226. The molecule has 3 saturated carbocycles. The standard InChI is InChI=1S/C30H42ClN7O8S/c1-6-17-14-30(17,26(41)36-47(43,44)19-11-12-19)35-24(39)20-15-37(22-13-21(31)32-27(33-22)45-5)16-38(20)25(40)23(29(2,3)4)34-28(42)46-18-9-7-8-10-18/h6,13,17-20,23H,1,7-12,14-16H2,2-5H3,(H,34,42)(H,35,39)(H,36,41)/t17-,20+,23-,30-/m1/s1. The molecule has 15 nitrogen and oxygen atoms in total. The Bertz CT molecular complexity index is 1540. The zero-order valence-electron chi connectivity index (χ0n) is 27.0. The minimum absolute atomic E-state index is 0.0264. The van der Waals surface area contributed by atoms with Gasteiger partial charge in [0.05, 0.1) is 25.6 Å². The molecule has 0 spiro atoms. The van der Waals surface area contributed by atoms with E-state index in [2.05, 4.69) is 31.9 Å². The molecule has 1 aromatic heterocycles. The molecule has 4 amide bonds. The molecule has 4 atom stereocenters. The van der Waals surface area contributed by atoms with Crippen molar-refractivity contribution in [3.63, 3.8) is 0 Å². The molecule has 3 N–H and O–H groups in total. The zero-order chi connectivity index (χ0) is 34.3. The number of alkyl carbamates (subject to hydrolysis) is 1. The number of hydrogen-bond donors (Lipinski definition) is 3. The molecule has 4 fully saturated rings. The molecule has 258 valence electrons. The van der Waals surface area contributed by atoms with Crippen LogP contribution >= 0.6 is 11.6 Å². The van der Waals surface area contributed by atoms with E-state index in [4.69, 9.17) is 21.1 Å². The van der Waals surface area contributed by atoms with Crippen LogP contribution in [-0.4, -0.2) is 96.4 Å². The molecule has 47 heavy (non-hydrogen) atoms. The lowest BCUT2D eigenvalue weighted by molar-refractivity contribution is -0.142. The number of amides is 4. The largest absolute Gasteiger partial charge is 0.467 e. The molecule has 2 heterocycles. The predicted molar refractivity (Wildman–Crippen MR) is 171 cm³/mol. The number of hydrogen-bond acceptors (Lipinski definition) is 11. The average Bonchev–Trinajstić information content (AvgIpc) is 3.87. The van der Waals surface area contributed by atoms with E-state index in [1.165, 1.54) is 24.2 Å². The molecule has 5 rings (SSSR count). The van der Waals surface area contributed by atoms with Gasteiger partial charge in [0.1, 0.15) is 34.7 Å². The Morgan fingerprint density at radius 1 is 1.15 bits per heavy atom. The van der Waals surface area contributed by atoms with Crippen molar-refractivity contribution in [2.24, 2.45) is 11.3 Å². The first-order valence-corrected chi connectivity index (χ1v) is 17.6. The first-order chi connectivity index (χ1) is 22.1. The Balaban J connectivity index is 1.42. The molecule has 3 aliphatic carbocycles. The number of aromatic nitrogens is 2. The highest BCUT2D eigenvalue weighted by molar-refractivity contribution is 7.91. The first-order valence-electron chi connectivity index (χ1n) is 15.7. The van der Waals surface area contributed by atoms with E-state index in [9.17, 15) is 27.6 Å². The van der Waals surface area contributed by atoms with Crippen LogP contribution in [-0.2, 0) is 29.1 Å². The number of nitrogens with zero attached hydrogens (tertiary/aromatic N) is 4. The average molecular weight is 696 g/mol. The third kappa shape index (κ3) is 7.58. The third-order valence-electron chi connectivity index (χ3n) is 9.05. The van der Waals surface area contributed by atoms with Crippen molar-refractivity contribution in [3.05, 3.63) is 23.9 Å². The second kappa shape index (κ2) is 13.1. The van der Waals surface area contributed by atoms with Crippen LogP contribution in [0, 0.1) is 11.3 Å². The summed E-state index contributed by atoms with van der Waals surface area (Å²) in [6, 6.07) is -0.854. The minimum Gasteiger partial charge on any atom is -0.467 e. The number of rotatable bonds is 11. The summed E-state index contributed by atoms with van der Waals surface area (Å²) in [5.41, 5.74) is -2.36.